The molecule has 0 radical (unpaired) electrons. The molecular weight excluding hydrogens is 304 g/mol. The molecule has 6 nitrogen and oxygen atoms in total. The van der Waals surface area contributed by atoms with Crippen LogP contribution in [0.2, 0.25) is 0 Å². The number of H-pyrrole nitrogens is 1. The third-order valence-electron chi connectivity index (χ3n) is 4.66. The molecule has 2 aromatic rings. The molecule has 1 saturated heterocycles. The standard InChI is InChI=1S/C18H26N4O2/c1-15-11-24-14-18(13-23,12-19-9-17-20-7-8-21-17)22(15)10-16-5-3-2-4-6-16/h2-8,15,19,23H,9-14H2,1H3,(H,20,21)/t15-,18+/m1/s1. The van der Waals surface area contributed by atoms with Crippen molar-refractivity contribution < 1.29 is 9.84 Å². The summed E-state index contributed by atoms with van der Waals surface area (Å²) >= 11 is 0. The van der Waals surface area contributed by atoms with E-state index in [1.807, 2.05) is 12.3 Å². The van der Waals surface area contributed by atoms with Crippen molar-refractivity contribution in [1.29, 1.82) is 0 Å². The van der Waals surface area contributed by atoms with E-state index >= 15 is 0 Å². The number of imidazole rings is 1. The van der Waals surface area contributed by atoms with Gasteiger partial charge >= 0.3 is 0 Å². The Hall–Kier alpha value is -1.73. The molecule has 130 valence electrons. The lowest BCUT2D eigenvalue weighted by Crippen LogP contribution is -2.66. The second-order valence-electron chi connectivity index (χ2n) is 6.50. The van der Waals surface area contributed by atoms with E-state index < -0.39 is 5.54 Å². The summed E-state index contributed by atoms with van der Waals surface area (Å²) in [4.78, 5) is 9.67. The Morgan fingerprint density at radius 1 is 1.42 bits per heavy atom. The summed E-state index contributed by atoms with van der Waals surface area (Å²) < 4.78 is 5.78. The van der Waals surface area contributed by atoms with E-state index in [2.05, 4.69) is 51.4 Å². The van der Waals surface area contributed by atoms with E-state index in [0.717, 1.165) is 12.4 Å². The van der Waals surface area contributed by atoms with E-state index in [9.17, 15) is 5.11 Å². The van der Waals surface area contributed by atoms with Crippen LogP contribution in [0.3, 0.4) is 0 Å². The minimum atomic E-state index is -0.430. The predicted molar refractivity (Wildman–Crippen MR) is 92.4 cm³/mol. The van der Waals surface area contributed by atoms with Crippen molar-refractivity contribution in [3.8, 4) is 0 Å². The van der Waals surface area contributed by atoms with Crippen molar-refractivity contribution in [3.63, 3.8) is 0 Å². The average Bonchev–Trinajstić information content (AvgIpc) is 3.12. The molecule has 6 heteroatoms. The average molecular weight is 330 g/mol. The minimum Gasteiger partial charge on any atom is -0.394 e. The highest BCUT2D eigenvalue weighted by molar-refractivity contribution is 5.16. The van der Waals surface area contributed by atoms with Gasteiger partial charge in [-0.25, -0.2) is 4.98 Å². The molecule has 1 aromatic heterocycles. The number of ether oxygens (including phenoxy) is 1. The lowest BCUT2D eigenvalue weighted by molar-refractivity contribution is -0.122. The molecule has 0 aliphatic carbocycles. The first-order valence-electron chi connectivity index (χ1n) is 8.42. The molecule has 0 amide bonds. The van der Waals surface area contributed by atoms with Gasteiger partial charge in [-0.2, -0.15) is 0 Å². The molecule has 1 aromatic carbocycles. The third-order valence-corrected chi connectivity index (χ3v) is 4.66. The van der Waals surface area contributed by atoms with Crippen LogP contribution in [-0.2, 0) is 17.8 Å². The molecule has 1 aliphatic heterocycles. The second kappa shape index (κ2) is 7.90. The van der Waals surface area contributed by atoms with Crippen LogP contribution in [0, 0.1) is 0 Å². The number of rotatable bonds is 7. The van der Waals surface area contributed by atoms with Gasteiger partial charge in [0.15, 0.2) is 0 Å². The zero-order chi connectivity index (χ0) is 16.8. The van der Waals surface area contributed by atoms with Crippen molar-refractivity contribution in [3.05, 3.63) is 54.1 Å². The molecule has 0 saturated carbocycles. The number of benzene rings is 1. The van der Waals surface area contributed by atoms with Crippen LogP contribution in [-0.4, -0.2) is 57.9 Å². The SMILES string of the molecule is C[C@@H]1COC[C@@](CO)(CNCc2ncc[nH]2)N1Cc1ccccc1. The minimum absolute atomic E-state index is 0.0509. The maximum atomic E-state index is 10.2. The number of nitrogens with zero attached hydrogens (tertiary/aromatic N) is 2. The first-order chi connectivity index (χ1) is 11.7. The first-order valence-corrected chi connectivity index (χ1v) is 8.42. The van der Waals surface area contributed by atoms with E-state index in [1.165, 1.54) is 5.56 Å². The highest BCUT2D eigenvalue weighted by Crippen LogP contribution is 2.26. The van der Waals surface area contributed by atoms with E-state index in [-0.39, 0.29) is 12.6 Å². The third kappa shape index (κ3) is 3.84. The van der Waals surface area contributed by atoms with Gasteiger partial charge in [0.25, 0.3) is 0 Å². The maximum absolute atomic E-state index is 10.2. The van der Waals surface area contributed by atoms with Gasteiger partial charge in [0, 0.05) is 31.5 Å². The Labute approximate surface area is 142 Å². The lowest BCUT2D eigenvalue weighted by atomic mass is 9.94. The Balaban J connectivity index is 1.71. The van der Waals surface area contributed by atoms with E-state index in [1.54, 1.807) is 6.20 Å². The van der Waals surface area contributed by atoms with Crippen LogP contribution in [0.15, 0.2) is 42.7 Å². The van der Waals surface area contributed by atoms with Crippen LogP contribution in [0.25, 0.3) is 0 Å². The van der Waals surface area contributed by atoms with Crippen LogP contribution in [0.5, 0.6) is 0 Å². The fraction of sp³-hybridized carbons (Fsp3) is 0.500. The Kier molecular flexibility index (Phi) is 5.63. The number of hydrogen-bond donors (Lipinski definition) is 3. The summed E-state index contributed by atoms with van der Waals surface area (Å²) in [7, 11) is 0. The lowest BCUT2D eigenvalue weighted by Gasteiger charge is -2.49. The quantitative estimate of drug-likeness (QED) is 0.710. The van der Waals surface area contributed by atoms with Crippen LogP contribution >= 0.6 is 0 Å². The van der Waals surface area contributed by atoms with Gasteiger partial charge in [0.2, 0.25) is 0 Å². The molecular formula is C18H26N4O2. The molecule has 2 atom stereocenters. The molecule has 1 aliphatic rings. The fourth-order valence-electron chi connectivity index (χ4n) is 3.32. The van der Waals surface area contributed by atoms with Crippen molar-refractivity contribution >= 4 is 0 Å². The number of aliphatic hydroxyl groups excluding tert-OH is 1. The number of aromatic amines is 1. The summed E-state index contributed by atoms with van der Waals surface area (Å²) in [5, 5.41) is 13.6. The summed E-state index contributed by atoms with van der Waals surface area (Å²) in [6, 6.07) is 10.6. The number of aliphatic hydroxyl groups is 1. The Morgan fingerprint density at radius 3 is 2.96 bits per heavy atom. The van der Waals surface area contributed by atoms with Crippen molar-refractivity contribution in [2.45, 2.75) is 31.6 Å². The smallest absolute Gasteiger partial charge is 0.120 e. The highest BCUT2D eigenvalue weighted by atomic mass is 16.5. The predicted octanol–water partition coefficient (Wildman–Crippen LogP) is 1.15. The molecule has 24 heavy (non-hydrogen) atoms. The zero-order valence-electron chi connectivity index (χ0n) is 14.1. The van der Waals surface area contributed by atoms with Gasteiger partial charge in [-0.3, -0.25) is 4.90 Å². The number of morpholine rings is 1. The van der Waals surface area contributed by atoms with Crippen LogP contribution < -0.4 is 5.32 Å². The highest BCUT2D eigenvalue weighted by Gasteiger charge is 2.42. The molecule has 1 fully saturated rings. The molecule has 0 bridgehead atoms. The Morgan fingerprint density at radius 2 is 2.25 bits per heavy atom. The summed E-state index contributed by atoms with van der Waals surface area (Å²) in [5.74, 6) is 0.891. The monoisotopic (exact) mass is 330 g/mol. The molecule has 2 heterocycles. The normalized spacial score (nSPS) is 25.0. The first kappa shape index (κ1) is 17.1. The fourth-order valence-corrected chi connectivity index (χ4v) is 3.32. The summed E-state index contributed by atoms with van der Waals surface area (Å²) in [6.45, 7) is 5.49. The van der Waals surface area contributed by atoms with Crippen molar-refractivity contribution in [2.75, 3.05) is 26.4 Å². The van der Waals surface area contributed by atoms with E-state index in [4.69, 9.17) is 4.74 Å². The topological polar surface area (TPSA) is 73.4 Å². The van der Waals surface area contributed by atoms with Crippen LogP contribution in [0.1, 0.15) is 18.3 Å². The van der Waals surface area contributed by atoms with Gasteiger partial charge in [-0.05, 0) is 12.5 Å². The van der Waals surface area contributed by atoms with E-state index in [0.29, 0.717) is 26.3 Å². The number of hydrogen-bond acceptors (Lipinski definition) is 5. The summed E-state index contributed by atoms with van der Waals surface area (Å²) in [6.07, 6.45) is 3.55. The van der Waals surface area contributed by atoms with Gasteiger partial charge in [0.05, 0.1) is 31.9 Å². The van der Waals surface area contributed by atoms with Gasteiger partial charge in [-0.1, -0.05) is 30.3 Å². The van der Waals surface area contributed by atoms with Gasteiger partial charge in [0.1, 0.15) is 5.82 Å². The zero-order valence-corrected chi connectivity index (χ0v) is 14.1. The molecule has 3 rings (SSSR count). The largest absolute Gasteiger partial charge is 0.394 e. The molecule has 0 unspecified atom stereocenters. The van der Waals surface area contributed by atoms with Crippen molar-refractivity contribution in [1.82, 2.24) is 20.2 Å². The van der Waals surface area contributed by atoms with Crippen molar-refractivity contribution in [2.24, 2.45) is 0 Å². The Bertz CT molecular complexity index is 605. The number of nitrogens with one attached hydrogen (secondary N) is 2. The maximum Gasteiger partial charge on any atom is 0.120 e. The molecule has 0 spiro atoms. The number of aromatic nitrogens is 2. The molecule has 3 N–H and O–H groups in total. The van der Waals surface area contributed by atoms with Crippen LogP contribution in [0.4, 0.5) is 0 Å². The van der Waals surface area contributed by atoms with Gasteiger partial charge < -0.3 is 20.1 Å². The van der Waals surface area contributed by atoms with Gasteiger partial charge in [-0.15, -0.1) is 0 Å². The summed E-state index contributed by atoms with van der Waals surface area (Å²) in [5.41, 5.74) is 0.815. The second-order valence-corrected chi connectivity index (χ2v) is 6.50.